The van der Waals surface area contributed by atoms with Crippen molar-refractivity contribution in [3.05, 3.63) is 71.8 Å². The first-order chi connectivity index (χ1) is 12.5. The van der Waals surface area contributed by atoms with Crippen molar-refractivity contribution in [3.8, 4) is 5.75 Å². The van der Waals surface area contributed by atoms with Crippen molar-refractivity contribution in [1.82, 2.24) is 0 Å². The Balaban J connectivity index is 1.76. The van der Waals surface area contributed by atoms with Gasteiger partial charge in [-0.2, -0.15) is 0 Å². The average Bonchev–Trinajstić information content (AvgIpc) is 2.63. The Morgan fingerprint density at radius 1 is 0.923 bits per heavy atom. The molecule has 0 saturated carbocycles. The Labute approximate surface area is 155 Å². The highest BCUT2D eigenvalue weighted by molar-refractivity contribution is 5.95. The zero-order valence-electron chi connectivity index (χ0n) is 15.7. The number of nitrogens with one attached hydrogen (secondary N) is 1. The summed E-state index contributed by atoms with van der Waals surface area (Å²) in [6.07, 6.45) is -0.587. The van der Waals surface area contributed by atoms with E-state index >= 15 is 0 Å². The maximum Gasteiger partial charge on any atom is 0.265 e. The van der Waals surface area contributed by atoms with Crippen molar-refractivity contribution in [1.29, 1.82) is 0 Å². The van der Waals surface area contributed by atoms with Gasteiger partial charge in [-0.1, -0.05) is 62.4 Å². The second-order valence-corrected chi connectivity index (χ2v) is 6.95. The van der Waals surface area contributed by atoms with Gasteiger partial charge in [-0.15, -0.1) is 0 Å². The van der Waals surface area contributed by atoms with E-state index in [1.807, 2.05) is 55.5 Å². The molecule has 0 aliphatic heterocycles. The lowest BCUT2D eigenvalue weighted by Crippen LogP contribution is -2.30. The van der Waals surface area contributed by atoms with Crippen molar-refractivity contribution in [3.63, 3.8) is 0 Å². The van der Waals surface area contributed by atoms with E-state index in [0.29, 0.717) is 11.7 Å². The quantitative estimate of drug-likeness (QED) is 0.645. The van der Waals surface area contributed by atoms with Gasteiger partial charge in [-0.25, -0.2) is 0 Å². The normalized spacial score (nSPS) is 12.2. The van der Waals surface area contributed by atoms with Crippen LogP contribution in [0, 0.1) is 6.92 Å². The lowest BCUT2D eigenvalue weighted by atomic mass is 9.98. The zero-order valence-corrected chi connectivity index (χ0v) is 15.7. The SMILES string of the molecule is Cc1cccc(C(C)C)c1NC(=O)C(C)Oc1ccc2ccccc2c1. The number of ether oxygens (including phenoxy) is 1. The largest absolute Gasteiger partial charge is 0.481 e. The molecule has 1 amide bonds. The molecule has 0 aliphatic carbocycles. The standard InChI is InChI=1S/C23H25NO2/c1-15(2)21-11-7-8-16(3)22(21)24-23(25)17(4)26-20-13-12-18-9-5-6-10-19(18)14-20/h5-15,17H,1-4H3,(H,24,25). The molecule has 1 atom stereocenters. The van der Waals surface area contributed by atoms with E-state index in [1.54, 1.807) is 6.92 Å². The summed E-state index contributed by atoms with van der Waals surface area (Å²) < 4.78 is 5.88. The van der Waals surface area contributed by atoms with E-state index in [0.717, 1.165) is 27.6 Å². The fourth-order valence-corrected chi connectivity index (χ4v) is 3.07. The molecule has 3 nitrogen and oxygen atoms in total. The molecular weight excluding hydrogens is 322 g/mol. The molecule has 26 heavy (non-hydrogen) atoms. The van der Waals surface area contributed by atoms with E-state index in [1.165, 1.54) is 0 Å². The number of amides is 1. The maximum absolute atomic E-state index is 12.7. The number of para-hydroxylation sites is 1. The molecule has 3 heteroatoms. The Kier molecular flexibility index (Phi) is 5.27. The van der Waals surface area contributed by atoms with Crippen molar-refractivity contribution in [2.45, 2.75) is 39.7 Å². The highest BCUT2D eigenvalue weighted by atomic mass is 16.5. The molecular formula is C23H25NO2. The van der Waals surface area contributed by atoms with Gasteiger partial charge in [-0.05, 0) is 53.8 Å². The van der Waals surface area contributed by atoms with E-state index in [2.05, 4.69) is 31.3 Å². The molecule has 0 aliphatic rings. The Bertz CT molecular complexity index is 930. The fourth-order valence-electron chi connectivity index (χ4n) is 3.07. The van der Waals surface area contributed by atoms with Crippen LogP contribution in [0.3, 0.4) is 0 Å². The minimum absolute atomic E-state index is 0.144. The van der Waals surface area contributed by atoms with Crippen LogP contribution in [-0.4, -0.2) is 12.0 Å². The third kappa shape index (κ3) is 3.88. The zero-order chi connectivity index (χ0) is 18.7. The molecule has 1 unspecified atom stereocenters. The maximum atomic E-state index is 12.7. The number of aryl methyl sites for hydroxylation is 1. The molecule has 0 spiro atoms. The lowest BCUT2D eigenvalue weighted by Gasteiger charge is -2.19. The number of rotatable bonds is 5. The van der Waals surface area contributed by atoms with Crippen LogP contribution < -0.4 is 10.1 Å². The number of carbonyl (C=O) groups excluding carboxylic acids is 1. The molecule has 3 aromatic rings. The van der Waals surface area contributed by atoms with Gasteiger partial charge in [0.05, 0.1) is 0 Å². The topological polar surface area (TPSA) is 38.3 Å². The Hall–Kier alpha value is -2.81. The van der Waals surface area contributed by atoms with E-state index in [9.17, 15) is 4.79 Å². The number of anilines is 1. The van der Waals surface area contributed by atoms with Gasteiger partial charge in [0.15, 0.2) is 6.10 Å². The molecule has 134 valence electrons. The summed E-state index contributed by atoms with van der Waals surface area (Å²) in [6.45, 7) is 8.03. The fraction of sp³-hybridized carbons (Fsp3) is 0.261. The van der Waals surface area contributed by atoms with Gasteiger partial charge in [0.25, 0.3) is 5.91 Å². The summed E-state index contributed by atoms with van der Waals surface area (Å²) in [5.74, 6) is 0.886. The second kappa shape index (κ2) is 7.61. The average molecular weight is 347 g/mol. The van der Waals surface area contributed by atoms with Gasteiger partial charge < -0.3 is 10.1 Å². The minimum atomic E-state index is -0.587. The summed E-state index contributed by atoms with van der Waals surface area (Å²) in [7, 11) is 0. The van der Waals surface area contributed by atoms with Crippen LogP contribution in [0.25, 0.3) is 10.8 Å². The van der Waals surface area contributed by atoms with Crippen LogP contribution in [0.5, 0.6) is 5.75 Å². The van der Waals surface area contributed by atoms with E-state index < -0.39 is 6.10 Å². The lowest BCUT2D eigenvalue weighted by molar-refractivity contribution is -0.122. The molecule has 0 saturated heterocycles. The van der Waals surface area contributed by atoms with Crippen LogP contribution in [-0.2, 0) is 4.79 Å². The molecule has 0 radical (unpaired) electrons. The molecule has 3 rings (SSSR count). The monoisotopic (exact) mass is 347 g/mol. The third-order valence-electron chi connectivity index (χ3n) is 4.58. The van der Waals surface area contributed by atoms with Crippen LogP contribution in [0.15, 0.2) is 60.7 Å². The van der Waals surface area contributed by atoms with Crippen molar-refractivity contribution in [2.24, 2.45) is 0 Å². The molecule has 0 fully saturated rings. The summed E-state index contributed by atoms with van der Waals surface area (Å²) >= 11 is 0. The van der Waals surface area contributed by atoms with Crippen molar-refractivity contribution >= 4 is 22.4 Å². The highest BCUT2D eigenvalue weighted by Gasteiger charge is 2.18. The Morgan fingerprint density at radius 2 is 1.65 bits per heavy atom. The summed E-state index contributed by atoms with van der Waals surface area (Å²) in [5, 5.41) is 5.30. The second-order valence-electron chi connectivity index (χ2n) is 6.95. The van der Waals surface area contributed by atoms with Crippen LogP contribution in [0.1, 0.15) is 37.8 Å². The van der Waals surface area contributed by atoms with Gasteiger partial charge in [-0.3, -0.25) is 4.79 Å². The predicted molar refractivity (Wildman–Crippen MR) is 108 cm³/mol. The van der Waals surface area contributed by atoms with Gasteiger partial charge >= 0.3 is 0 Å². The molecule has 0 aromatic heterocycles. The van der Waals surface area contributed by atoms with Crippen LogP contribution in [0.2, 0.25) is 0 Å². The Morgan fingerprint density at radius 3 is 2.38 bits per heavy atom. The number of hydrogen-bond acceptors (Lipinski definition) is 2. The predicted octanol–water partition coefficient (Wildman–Crippen LogP) is 5.68. The molecule has 0 heterocycles. The van der Waals surface area contributed by atoms with Crippen molar-refractivity contribution in [2.75, 3.05) is 5.32 Å². The number of fused-ring (bicyclic) bond motifs is 1. The first-order valence-corrected chi connectivity index (χ1v) is 9.01. The summed E-state index contributed by atoms with van der Waals surface area (Å²) in [5.41, 5.74) is 3.08. The van der Waals surface area contributed by atoms with Gasteiger partial charge in [0.1, 0.15) is 5.75 Å². The minimum Gasteiger partial charge on any atom is -0.481 e. The van der Waals surface area contributed by atoms with Crippen LogP contribution >= 0.6 is 0 Å². The third-order valence-corrected chi connectivity index (χ3v) is 4.58. The summed E-state index contributed by atoms with van der Waals surface area (Å²) in [4.78, 5) is 12.7. The molecule has 0 bridgehead atoms. The first-order valence-electron chi connectivity index (χ1n) is 9.01. The first kappa shape index (κ1) is 18.0. The number of hydrogen-bond donors (Lipinski definition) is 1. The summed E-state index contributed by atoms with van der Waals surface area (Å²) in [6, 6.07) is 20.1. The molecule has 1 N–H and O–H groups in total. The van der Waals surface area contributed by atoms with E-state index in [4.69, 9.17) is 4.74 Å². The highest BCUT2D eigenvalue weighted by Crippen LogP contribution is 2.28. The molecule has 3 aromatic carbocycles. The number of carbonyl (C=O) groups is 1. The van der Waals surface area contributed by atoms with Gasteiger partial charge in [0, 0.05) is 5.69 Å². The van der Waals surface area contributed by atoms with E-state index in [-0.39, 0.29) is 5.91 Å². The van der Waals surface area contributed by atoms with Crippen LogP contribution in [0.4, 0.5) is 5.69 Å². The number of benzene rings is 3. The van der Waals surface area contributed by atoms with Crippen molar-refractivity contribution < 1.29 is 9.53 Å². The smallest absolute Gasteiger partial charge is 0.265 e. The van der Waals surface area contributed by atoms with Gasteiger partial charge in [0.2, 0.25) is 0 Å².